The lowest BCUT2D eigenvalue weighted by Gasteiger charge is -2.32. The molecule has 0 aromatic rings. The van der Waals surface area contributed by atoms with Crippen LogP contribution in [0.1, 0.15) is 41.5 Å². The van der Waals surface area contributed by atoms with Crippen LogP contribution in [0.4, 0.5) is 0 Å². The van der Waals surface area contributed by atoms with E-state index in [4.69, 9.17) is 0 Å². The van der Waals surface area contributed by atoms with E-state index in [1.54, 1.807) is 6.92 Å². The van der Waals surface area contributed by atoms with Crippen LogP contribution in [0, 0.1) is 11.8 Å². The van der Waals surface area contributed by atoms with E-state index < -0.39 is 0 Å². The second-order valence-corrected chi connectivity index (χ2v) is 4.55. The Bertz CT molecular complexity index is 163. The molecular weight excluding hydrogens is 162 g/mol. The Kier molecular flexibility index (Phi) is 5.04. The molecule has 0 aromatic heterocycles. The van der Waals surface area contributed by atoms with Gasteiger partial charge in [0.25, 0.3) is 0 Å². The van der Waals surface area contributed by atoms with E-state index in [1.807, 2.05) is 4.90 Å². The van der Waals surface area contributed by atoms with Gasteiger partial charge in [-0.2, -0.15) is 0 Å². The van der Waals surface area contributed by atoms with Crippen LogP contribution in [-0.4, -0.2) is 23.4 Å². The Morgan fingerprint density at radius 1 is 1.15 bits per heavy atom. The SMILES string of the molecule is CC(=O)N(CC(C)C)C(C)C(C)C. The van der Waals surface area contributed by atoms with E-state index in [1.165, 1.54) is 0 Å². The molecule has 2 heteroatoms. The first-order chi connectivity index (χ1) is 5.86. The number of carbonyl (C=O) groups excluding carboxylic acids is 1. The fourth-order valence-electron chi connectivity index (χ4n) is 1.33. The van der Waals surface area contributed by atoms with Crippen LogP contribution in [0.3, 0.4) is 0 Å². The third-order valence-electron chi connectivity index (χ3n) is 2.42. The van der Waals surface area contributed by atoms with E-state index in [2.05, 4.69) is 34.6 Å². The zero-order valence-corrected chi connectivity index (χ0v) is 9.79. The Labute approximate surface area is 82.3 Å². The van der Waals surface area contributed by atoms with E-state index in [0.717, 1.165) is 6.54 Å². The van der Waals surface area contributed by atoms with Gasteiger partial charge in [0, 0.05) is 19.5 Å². The predicted molar refractivity (Wildman–Crippen MR) is 56.5 cm³/mol. The summed E-state index contributed by atoms with van der Waals surface area (Å²) in [4.78, 5) is 13.3. The fraction of sp³-hybridized carbons (Fsp3) is 0.909. The van der Waals surface area contributed by atoms with Gasteiger partial charge in [-0.1, -0.05) is 27.7 Å². The molecule has 1 unspecified atom stereocenters. The molecule has 0 aliphatic rings. The zero-order valence-electron chi connectivity index (χ0n) is 9.79. The zero-order chi connectivity index (χ0) is 10.6. The first kappa shape index (κ1) is 12.5. The first-order valence-corrected chi connectivity index (χ1v) is 5.13. The van der Waals surface area contributed by atoms with Gasteiger partial charge in [-0.3, -0.25) is 4.79 Å². The van der Waals surface area contributed by atoms with Gasteiger partial charge in [-0.05, 0) is 18.8 Å². The van der Waals surface area contributed by atoms with Crippen molar-refractivity contribution in [3.05, 3.63) is 0 Å². The lowest BCUT2D eigenvalue weighted by molar-refractivity contribution is -0.132. The topological polar surface area (TPSA) is 20.3 Å². The summed E-state index contributed by atoms with van der Waals surface area (Å²) in [5, 5.41) is 0. The Morgan fingerprint density at radius 2 is 1.62 bits per heavy atom. The molecule has 0 spiro atoms. The maximum absolute atomic E-state index is 11.4. The second kappa shape index (κ2) is 5.25. The minimum absolute atomic E-state index is 0.190. The highest BCUT2D eigenvalue weighted by molar-refractivity contribution is 5.73. The lowest BCUT2D eigenvalue weighted by Crippen LogP contribution is -2.42. The summed E-state index contributed by atoms with van der Waals surface area (Å²) in [6.45, 7) is 13.2. The molecule has 0 aromatic carbocycles. The van der Waals surface area contributed by atoms with Crippen LogP contribution < -0.4 is 0 Å². The second-order valence-electron chi connectivity index (χ2n) is 4.55. The molecule has 0 bridgehead atoms. The van der Waals surface area contributed by atoms with Gasteiger partial charge in [-0.15, -0.1) is 0 Å². The van der Waals surface area contributed by atoms with Crippen LogP contribution in [0.5, 0.6) is 0 Å². The van der Waals surface area contributed by atoms with Crippen molar-refractivity contribution in [2.24, 2.45) is 11.8 Å². The molecule has 0 radical (unpaired) electrons. The summed E-state index contributed by atoms with van der Waals surface area (Å²) in [7, 11) is 0. The van der Waals surface area contributed by atoms with Crippen LogP contribution in [0.25, 0.3) is 0 Å². The van der Waals surface area contributed by atoms with Gasteiger partial charge in [0.15, 0.2) is 0 Å². The monoisotopic (exact) mass is 185 g/mol. The van der Waals surface area contributed by atoms with E-state index in [-0.39, 0.29) is 5.91 Å². The third-order valence-corrected chi connectivity index (χ3v) is 2.42. The summed E-state index contributed by atoms with van der Waals surface area (Å²) < 4.78 is 0. The van der Waals surface area contributed by atoms with Crippen molar-refractivity contribution >= 4 is 5.91 Å². The molecule has 0 rings (SSSR count). The smallest absolute Gasteiger partial charge is 0.219 e. The van der Waals surface area contributed by atoms with Crippen LogP contribution in [0.2, 0.25) is 0 Å². The average molecular weight is 185 g/mol. The summed E-state index contributed by atoms with van der Waals surface area (Å²) in [5.74, 6) is 1.27. The van der Waals surface area contributed by atoms with Crippen molar-refractivity contribution in [2.45, 2.75) is 47.6 Å². The highest BCUT2D eigenvalue weighted by Crippen LogP contribution is 2.12. The van der Waals surface area contributed by atoms with Gasteiger partial charge in [0.1, 0.15) is 0 Å². The van der Waals surface area contributed by atoms with E-state index in [0.29, 0.717) is 17.9 Å². The van der Waals surface area contributed by atoms with Crippen LogP contribution in [-0.2, 0) is 4.79 Å². The maximum atomic E-state index is 11.4. The van der Waals surface area contributed by atoms with Crippen molar-refractivity contribution in [1.29, 1.82) is 0 Å². The normalized spacial score (nSPS) is 13.5. The highest BCUT2D eigenvalue weighted by Gasteiger charge is 2.19. The highest BCUT2D eigenvalue weighted by atomic mass is 16.2. The minimum atomic E-state index is 0.190. The van der Waals surface area contributed by atoms with Crippen molar-refractivity contribution in [2.75, 3.05) is 6.54 Å². The van der Waals surface area contributed by atoms with Gasteiger partial charge in [0.05, 0.1) is 0 Å². The Hall–Kier alpha value is -0.530. The van der Waals surface area contributed by atoms with Crippen LogP contribution in [0.15, 0.2) is 0 Å². The molecule has 1 atom stereocenters. The number of carbonyl (C=O) groups is 1. The maximum Gasteiger partial charge on any atom is 0.219 e. The van der Waals surface area contributed by atoms with Gasteiger partial charge >= 0.3 is 0 Å². The van der Waals surface area contributed by atoms with Crippen molar-refractivity contribution in [3.8, 4) is 0 Å². The largest absolute Gasteiger partial charge is 0.340 e. The fourth-order valence-corrected chi connectivity index (χ4v) is 1.33. The molecule has 13 heavy (non-hydrogen) atoms. The molecule has 0 fully saturated rings. The van der Waals surface area contributed by atoms with Gasteiger partial charge < -0.3 is 4.90 Å². The van der Waals surface area contributed by atoms with Crippen molar-refractivity contribution < 1.29 is 4.79 Å². The molecule has 0 saturated carbocycles. The number of rotatable bonds is 4. The molecule has 0 saturated heterocycles. The standard InChI is InChI=1S/C11H23NO/c1-8(2)7-12(11(6)13)10(5)9(3)4/h8-10H,7H2,1-6H3. The number of amides is 1. The first-order valence-electron chi connectivity index (χ1n) is 5.13. The van der Waals surface area contributed by atoms with Crippen LogP contribution >= 0.6 is 0 Å². The van der Waals surface area contributed by atoms with E-state index >= 15 is 0 Å². The minimum Gasteiger partial charge on any atom is -0.340 e. The van der Waals surface area contributed by atoms with E-state index in [9.17, 15) is 4.79 Å². The van der Waals surface area contributed by atoms with Crippen molar-refractivity contribution in [1.82, 2.24) is 4.90 Å². The third kappa shape index (κ3) is 4.30. The van der Waals surface area contributed by atoms with Gasteiger partial charge in [0.2, 0.25) is 5.91 Å². The quantitative estimate of drug-likeness (QED) is 0.659. The van der Waals surface area contributed by atoms with Crippen molar-refractivity contribution in [3.63, 3.8) is 0 Å². The molecule has 2 nitrogen and oxygen atoms in total. The summed E-state index contributed by atoms with van der Waals surface area (Å²) in [6, 6.07) is 0.347. The molecule has 1 amide bonds. The molecule has 0 heterocycles. The molecule has 0 aliphatic carbocycles. The molecule has 0 aliphatic heterocycles. The molecule has 78 valence electrons. The molecule has 0 N–H and O–H groups in total. The summed E-state index contributed by atoms with van der Waals surface area (Å²) in [6.07, 6.45) is 0. The number of nitrogens with zero attached hydrogens (tertiary/aromatic N) is 1. The lowest BCUT2D eigenvalue weighted by atomic mass is 10.0. The Balaban J connectivity index is 4.33. The number of hydrogen-bond donors (Lipinski definition) is 0. The predicted octanol–water partition coefficient (Wildman–Crippen LogP) is 2.54. The number of hydrogen-bond acceptors (Lipinski definition) is 1. The van der Waals surface area contributed by atoms with Gasteiger partial charge in [-0.25, -0.2) is 0 Å². The Morgan fingerprint density at radius 3 is 1.85 bits per heavy atom. The summed E-state index contributed by atoms with van der Waals surface area (Å²) in [5.41, 5.74) is 0. The summed E-state index contributed by atoms with van der Waals surface area (Å²) >= 11 is 0. The average Bonchev–Trinajstić information content (AvgIpc) is 1.97. The molecular formula is C11H23NO.